The normalized spacial score (nSPS) is 12.4. The Labute approximate surface area is 61.7 Å². The van der Waals surface area contributed by atoms with Crippen molar-refractivity contribution in [1.82, 2.24) is 0 Å². The molecule has 55 valence electrons. The third-order valence-corrected chi connectivity index (χ3v) is 0.417. The third-order valence-electron chi connectivity index (χ3n) is 0.417. The van der Waals surface area contributed by atoms with E-state index in [-0.39, 0.29) is 17.1 Å². The second-order valence-electron chi connectivity index (χ2n) is 0.869. The maximum Gasteiger partial charge on any atom is 2.00 e. The van der Waals surface area contributed by atoms with Crippen molar-refractivity contribution < 1.29 is 27.3 Å². The van der Waals surface area contributed by atoms with E-state index < -0.39 is 11.8 Å². The molecule has 0 saturated carbocycles. The molecular formula is C2H4CuN4O2. The van der Waals surface area contributed by atoms with E-state index in [1.807, 2.05) is 0 Å². The number of nitrogens with zero attached hydrogens (tertiary/aromatic N) is 2. The summed E-state index contributed by atoms with van der Waals surface area (Å²) in [5, 5.41) is 24.8. The minimum absolute atomic E-state index is 0. The molecular weight excluding hydrogens is 176 g/mol. The van der Waals surface area contributed by atoms with Crippen LogP contribution in [0.25, 0.3) is 0 Å². The summed E-state index contributed by atoms with van der Waals surface area (Å²) < 4.78 is 0. The standard InChI is InChI=1S/C2H6N4O2.Cu/c3-5-1(7)2(8)6-4;/h3-4H2,(H,5,7)(H,6,8);/q;+2/p-2. The van der Waals surface area contributed by atoms with E-state index in [0.29, 0.717) is 0 Å². The van der Waals surface area contributed by atoms with Crippen LogP contribution in [0.5, 0.6) is 0 Å². The molecule has 0 unspecified atom stereocenters. The van der Waals surface area contributed by atoms with Crippen molar-refractivity contribution >= 4 is 11.8 Å². The molecule has 7 heteroatoms. The summed E-state index contributed by atoms with van der Waals surface area (Å²) in [4.78, 5) is 0. The van der Waals surface area contributed by atoms with Crippen LogP contribution in [-0.2, 0) is 17.1 Å². The Kier molecular flexibility index (Phi) is 6.32. The molecule has 0 saturated heterocycles. The number of hydrogen-bond donors (Lipinski definition) is 2. The van der Waals surface area contributed by atoms with Crippen molar-refractivity contribution in [3.63, 3.8) is 0 Å². The van der Waals surface area contributed by atoms with E-state index in [1.165, 1.54) is 0 Å². The second-order valence-corrected chi connectivity index (χ2v) is 0.869. The van der Waals surface area contributed by atoms with Crippen molar-refractivity contribution in [3.05, 3.63) is 0 Å². The monoisotopic (exact) mass is 179 g/mol. The molecule has 4 N–H and O–H groups in total. The Hall–Kier alpha value is -0.941. The van der Waals surface area contributed by atoms with Gasteiger partial charge in [0.1, 0.15) is 0 Å². The van der Waals surface area contributed by atoms with Crippen LogP contribution in [0.2, 0.25) is 0 Å². The molecule has 0 atom stereocenters. The van der Waals surface area contributed by atoms with Gasteiger partial charge in [-0.15, -0.1) is 0 Å². The number of nitrogens with two attached hydrogens (primary N) is 2. The van der Waals surface area contributed by atoms with Gasteiger partial charge in [-0.05, 0) is 0 Å². The molecule has 9 heavy (non-hydrogen) atoms. The van der Waals surface area contributed by atoms with Gasteiger partial charge in [0.25, 0.3) is 0 Å². The van der Waals surface area contributed by atoms with Crippen LogP contribution in [0.1, 0.15) is 0 Å². The molecule has 0 fully saturated rings. The molecule has 0 rings (SSSR count). The van der Waals surface area contributed by atoms with E-state index in [0.717, 1.165) is 0 Å². The summed E-state index contributed by atoms with van der Waals surface area (Å²) in [6.07, 6.45) is 0. The van der Waals surface area contributed by atoms with E-state index in [9.17, 15) is 10.2 Å². The number of rotatable bonds is 0. The van der Waals surface area contributed by atoms with E-state index in [4.69, 9.17) is 0 Å². The summed E-state index contributed by atoms with van der Waals surface area (Å²) in [5.74, 6) is 6.48. The van der Waals surface area contributed by atoms with Crippen molar-refractivity contribution in [3.8, 4) is 0 Å². The quantitative estimate of drug-likeness (QED) is 0.130. The molecule has 0 amide bonds. The van der Waals surface area contributed by atoms with Gasteiger partial charge in [0.15, 0.2) is 0 Å². The summed E-state index contributed by atoms with van der Waals surface area (Å²) >= 11 is 0. The maximum absolute atomic E-state index is 9.93. The molecule has 0 aromatic rings. The predicted molar refractivity (Wildman–Crippen MR) is 23.2 cm³/mol. The van der Waals surface area contributed by atoms with Gasteiger partial charge in [0.2, 0.25) is 0 Å². The van der Waals surface area contributed by atoms with E-state index in [2.05, 4.69) is 21.9 Å². The molecule has 0 aromatic heterocycles. The third kappa shape index (κ3) is 3.63. The zero-order chi connectivity index (χ0) is 6.57. The van der Waals surface area contributed by atoms with Gasteiger partial charge >= 0.3 is 17.1 Å². The molecule has 6 nitrogen and oxygen atoms in total. The van der Waals surface area contributed by atoms with Crippen LogP contribution in [0.15, 0.2) is 10.2 Å². The summed E-state index contributed by atoms with van der Waals surface area (Å²) in [7, 11) is 0. The summed E-state index contributed by atoms with van der Waals surface area (Å²) in [5.41, 5.74) is 0. The van der Waals surface area contributed by atoms with Crippen LogP contribution in [0.3, 0.4) is 0 Å². The molecule has 0 aliphatic carbocycles. The average molecular weight is 180 g/mol. The predicted octanol–water partition coefficient (Wildman–Crippen LogP) is -3.75. The maximum atomic E-state index is 9.93. The Bertz CT molecular complexity index is 117. The van der Waals surface area contributed by atoms with E-state index in [1.54, 1.807) is 0 Å². The zero-order valence-electron chi connectivity index (χ0n) is 4.17. The van der Waals surface area contributed by atoms with Gasteiger partial charge < -0.3 is 21.9 Å². The molecule has 0 heterocycles. The minimum Gasteiger partial charge on any atom is -0.857 e. The van der Waals surface area contributed by atoms with Gasteiger partial charge in [-0.1, -0.05) is 0 Å². The second kappa shape index (κ2) is 5.20. The Balaban J connectivity index is 0. The number of hydrogen-bond acceptors (Lipinski definition) is 6. The smallest absolute Gasteiger partial charge is 0.857 e. The fourth-order valence-corrected chi connectivity index (χ4v) is 0.110. The van der Waals surface area contributed by atoms with Crippen molar-refractivity contribution in [2.45, 2.75) is 0 Å². The molecule has 0 aliphatic rings. The largest absolute Gasteiger partial charge is 2.00 e. The first-order valence-electron chi connectivity index (χ1n) is 1.62. The van der Waals surface area contributed by atoms with Gasteiger partial charge in [0, 0.05) is 11.8 Å². The average Bonchev–Trinajstić information content (AvgIpc) is 1.84. The summed E-state index contributed by atoms with van der Waals surface area (Å²) in [6.45, 7) is 0. The minimum atomic E-state index is -1.15. The van der Waals surface area contributed by atoms with Crippen LogP contribution in [0, 0.1) is 0 Å². The molecule has 0 spiro atoms. The molecule has 0 bridgehead atoms. The van der Waals surface area contributed by atoms with Gasteiger partial charge in [-0.3, -0.25) is 0 Å². The first-order chi connectivity index (χ1) is 3.72. The number of hydrazone groups is 2. The van der Waals surface area contributed by atoms with Crippen molar-refractivity contribution in [1.29, 1.82) is 0 Å². The molecule has 0 aromatic carbocycles. The van der Waals surface area contributed by atoms with Crippen LogP contribution >= 0.6 is 0 Å². The van der Waals surface area contributed by atoms with Gasteiger partial charge in [0.05, 0.1) is 0 Å². The van der Waals surface area contributed by atoms with Crippen molar-refractivity contribution in [2.24, 2.45) is 21.9 Å². The topological polar surface area (TPSA) is 123 Å². The first kappa shape index (κ1) is 10.9. The molecule has 1 radical (unpaired) electrons. The van der Waals surface area contributed by atoms with E-state index >= 15 is 0 Å². The Morgan fingerprint density at radius 2 is 1.22 bits per heavy atom. The van der Waals surface area contributed by atoms with Crippen LogP contribution in [-0.4, -0.2) is 11.8 Å². The molecule has 0 aliphatic heterocycles. The summed E-state index contributed by atoms with van der Waals surface area (Å²) in [6, 6.07) is 0. The van der Waals surface area contributed by atoms with Gasteiger partial charge in [-0.25, -0.2) is 0 Å². The SMILES string of the molecule is NN=C([O-])C([O-])=NN.[Cu+2]. The van der Waals surface area contributed by atoms with Gasteiger partial charge in [-0.2, -0.15) is 10.2 Å². The van der Waals surface area contributed by atoms with Crippen molar-refractivity contribution in [2.75, 3.05) is 0 Å². The Morgan fingerprint density at radius 1 is 1.00 bits per heavy atom. The van der Waals surface area contributed by atoms with Crippen LogP contribution < -0.4 is 21.9 Å². The zero-order valence-corrected chi connectivity index (χ0v) is 5.11. The fraction of sp³-hybridized carbons (Fsp3) is 0. The fourth-order valence-electron chi connectivity index (χ4n) is 0.110. The Morgan fingerprint density at radius 3 is 1.33 bits per heavy atom. The first-order valence-corrected chi connectivity index (χ1v) is 1.62. The van der Waals surface area contributed by atoms with Crippen LogP contribution in [0.4, 0.5) is 0 Å².